The second-order valence-electron chi connectivity index (χ2n) is 6.59. The van der Waals surface area contributed by atoms with Crippen LogP contribution < -0.4 is 14.4 Å². The second-order valence-corrected chi connectivity index (χ2v) is 6.59. The van der Waals surface area contributed by atoms with Crippen LogP contribution >= 0.6 is 0 Å². The van der Waals surface area contributed by atoms with Crippen molar-refractivity contribution in [3.05, 3.63) is 53.6 Å². The summed E-state index contributed by atoms with van der Waals surface area (Å²) in [5.41, 5.74) is 2.68. The zero-order chi connectivity index (χ0) is 23.1. The van der Waals surface area contributed by atoms with E-state index in [9.17, 15) is 9.59 Å². The number of hydrogen-bond acceptors (Lipinski definition) is 6. The molecule has 2 aromatic rings. The summed E-state index contributed by atoms with van der Waals surface area (Å²) in [6, 6.07) is 12.8. The van der Waals surface area contributed by atoms with Gasteiger partial charge in [-0.1, -0.05) is 18.2 Å². The molecule has 1 atom stereocenters. The molecule has 0 saturated heterocycles. The van der Waals surface area contributed by atoms with Crippen molar-refractivity contribution in [1.82, 2.24) is 0 Å². The van der Waals surface area contributed by atoms with Crippen molar-refractivity contribution in [2.75, 3.05) is 19.1 Å². The number of anilines is 1. The van der Waals surface area contributed by atoms with Crippen LogP contribution in [0.2, 0.25) is 0 Å². The summed E-state index contributed by atoms with van der Waals surface area (Å²) < 4.78 is 15.9. The highest BCUT2D eigenvalue weighted by atomic mass is 16.6. The number of carboxylic acids is 1. The molecule has 0 radical (unpaired) electrons. The first-order valence-corrected chi connectivity index (χ1v) is 9.43. The normalized spacial score (nSPS) is 14.3. The third-order valence-corrected chi connectivity index (χ3v) is 4.34. The van der Waals surface area contributed by atoms with Gasteiger partial charge >= 0.3 is 5.97 Å². The van der Waals surface area contributed by atoms with E-state index >= 15 is 0 Å². The van der Waals surface area contributed by atoms with Crippen LogP contribution in [0.1, 0.15) is 31.9 Å². The average molecular weight is 427 g/mol. The standard InChI is InChI=1S/C21H21NO5.C2H4O2/c1-13(27-14(2)23)22-19-8-6-5-7-17(19)18(21(22)24)12-15-11-16(25-3)9-10-20(15)26-4;1-2(3)4/h5-13H,1-4H3;1H3,(H,3,4). The van der Waals surface area contributed by atoms with Crippen LogP contribution in [0.25, 0.3) is 11.6 Å². The number of benzene rings is 2. The maximum Gasteiger partial charge on any atom is 0.304 e. The number of carbonyl (C=O) groups excluding carboxylic acids is 2. The summed E-state index contributed by atoms with van der Waals surface area (Å²) in [6.45, 7) is 4.08. The fourth-order valence-corrected chi connectivity index (χ4v) is 3.17. The van der Waals surface area contributed by atoms with Gasteiger partial charge in [-0.3, -0.25) is 19.3 Å². The average Bonchev–Trinajstić information content (AvgIpc) is 2.98. The van der Waals surface area contributed by atoms with Gasteiger partial charge in [-0.15, -0.1) is 0 Å². The number of carbonyl (C=O) groups is 3. The molecule has 1 amide bonds. The molecule has 2 aromatic carbocycles. The van der Waals surface area contributed by atoms with E-state index in [-0.39, 0.29) is 5.91 Å². The Labute approximate surface area is 180 Å². The van der Waals surface area contributed by atoms with E-state index in [2.05, 4.69) is 0 Å². The van der Waals surface area contributed by atoms with Crippen LogP contribution in [-0.4, -0.2) is 43.4 Å². The molecule has 1 aliphatic rings. The van der Waals surface area contributed by atoms with Gasteiger partial charge in [0.1, 0.15) is 11.5 Å². The minimum absolute atomic E-state index is 0.241. The molecular formula is C23H25NO7. The maximum absolute atomic E-state index is 13.1. The fraction of sp³-hybridized carbons (Fsp3) is 0.261. The van der Waals surface area contributed by atoms with Crippen LogP contribution in [0, 0.1) is 0 Å². The molecule has 8 nitrogen and oxygen atoms in total. The Kier molecular flexibility index (Phi) is 7.79. The molecule has 0 saturated carbocycles. The van der Waals surface area contributed by atoms with Gasteiger partial charge < -0.3 is 19.3 Å². The molecule has 0 spiro atoms. The number of fused-ring (bicyclic) bond motifs is 1. The van der Waals surface area contributed by atoms with Gasteiger partial charge in [0.25, 0.3) is 11.9 Å². The van der Waals surface area contributed by atoms with Gasteiger partial charge in [0, 0.05) is 25.0 Å². The number of carboxylic acid groups (broad SMARTS) is 1. The highest BCUT2D eigenvalue weighted by Crippen LogP contribution is 2.40. The van der Waals surface area contributed by atoms with Crippen molar-refractivity contribution in [2.24, 2.45) is 0 Å². The first-order chi connectivity index (χ1) is 14.7. The smallest absolute Gasteiger partial charge is 0.304 e. The maximum atomic E-state index is 13.1. The van der Waals surface area contributed by atoms with E-state index in [0.717, 1.165) is 18.1 Å². The number of aliphatic carboxylic acids is 1. The number of para-hydroxylation sites is 1. The van der Waals surface area contributed by atoms with E-state index < -0.39 is 18.2 Å². The lowest BCUT2D eigenvalue weighted by Gasteiger charge is -2.24. The molecule has 0 fully saturated rings. The molecule has 1 unspecified atom stereocenters. The zero-order valence-corrected chi connectivity index (χ0v) is 18.0. The minimum Gasteiger partial charge on any atom is -0.497 e. The van der Waals surface area contributed by atoms with Crippen molar-refractivity contribution >= 4 is 35.2 Å². The Hall–Kier alpha value is -3.81. The predicted octanol–water partition coefficient (Wildman–Crippen LogP) is 3.59. The number of esters is 1. The molecule has 3 rings (SSSR count). The lowest BCUT2D eigenvalue weighted by atomic mass is 10.0. The molecule has 0 bridgehead atoms. The summed E-state index contributed by atoms with van der Waals surface area (Å²) in [6.07, 6.45) is 1.05. The molecule has 0 aromatic heterocycles. The molecule has 31 heavy (non-hydrogen) atoms. The third-order valence-electron chi connectivity index (χ3n) is 4.34. The Morgan fingerprint density at radius 1 is 1.06 bits per heavy atom. The minimum atomic E-state index is -0.833. The van der Waals surface area contributed by atoms with E-state index in [1.54, 1.807) is 45.4 Å². The number of ether oxygens (including phenoxy) is 3. The van der Waals surface area contributed by atoms with Crippen LogP contribution in [0.3, 0.4) is 0 Å². The zero-order valence-electron chi connectivity index (χ0n) is 18.0. The van der Waals surface area contributed by atoms with Crippen molar-refractivity contribution in [3.63, 3.8) is 0 Å². The topological polar surface area (TPSA) is 102 Å². The lowest BCUT2D eigenvalue weighted by molar-refractivity contribution is -0.146. The molecule has 8 heteroatoms. The Morgan fingerprint density at radius 3 is 2.29 bits per heavy atom. The highest BCUT2D eigenvalue weighted by Gasteiger charge is 2.36. The van der Waals surface area contributed by atoms with Gasteiger partial charge in [0.2, 0.25) is 0 Å². The summed E-state index contributed by atoms with van der Waals surface area (Å²) in [5, 5.41) is 7.42. The SMILES string of the molecule is CC(=O)O.COc1ccc(OC)c(C=C2C(=O)N(C(C)OC(C)=O)c3ccccc32)c1. The van der Waals surface area contributed by atoms with Crippen LogP contribution in [0.4, 0.5) is 5.69 Å². The largest absolute Gasteiger partial charge is 0.497 e. The third kappa shape index (κ3) is 5.63. The Morgan fingerprint density at radius 2 is 1.71 bits per heavy atom. The molecule has 1 N–H and O–H groups in total. The fourth-order valence-electron chi connectivity index (χ4n) is 3.17. The van der Waals surface area contributed by atoms with E-state index in [4.69, 9.17) is 24.1 Å². The first-order valence-electron chi connectivity index (χ1n) is 9.43. The van der Waals surface area contributed by atoms with E-state index in [1.807, 2.05) is 24.3 Å². The van der Waals surface area contributed by atoms with E-state index in [0.29, 0.717) is 22.8 Å². The van der Waals surface area contributed by atoms with Gasteiger partial charge in [-0.05, 0) is 37.3 Å². The van der Waals surface area contributed by atoms with Gasteiger partial charge in [-0.25, -0.2) is 0 Å². The molecule has 1 heterocycles. The summed E-state index contributed by atoms with van der Waals surface area (Å²) in [7, 11) is 3.15. The van der Waals surface area contributed by atoms with Gasteiger partial charge in [0.15, 0.2) is 6.23 Å². The number of nitrogens with zero attached hydrogens (tertiary/aromatic N) is 1. The lowest BCUT2D eigenvalue weighted by Crippen LogP contribution is -2.38. The quantitative estimate of drug-likeness (QED) is 0.575. The molecular weight excluding hydrogens is 402 g/mol. The van der Waals surface area contributed by atoms with E-state index in [1.165, 1.54) is 11.8 Å². The Balaban J connectivity index is 0.000000785. The van der Waals surface area contributed by atoms with Gasteiger partial charge in [0.05, 0.1) is 25.5 Å². The molecule has 164 valence electrons. The first kappa shape index (κ1) is 23.5. The molecule has 1 aliphatic heterocycles. The van der Waals surface area contributed by atoms with Gasteiger partial charge in [-0.2, -0.15) is 0 Å². The Bertz CT molecular complexity index is 1010. The number of methoxy groups -OCH3 is 2. The van der Waals surface area contributed by atoms with Crippen molar-refractivity contribution in [2.45, 2.75) is 27.0 Å². The van der Waals surface area contributed by atoms with Crippen molar-refractivity contribution in [3.8, 4) is 11.5 Å². The van der Waals surface area contributed by atoms with Crippen molar-refractivity contribution < 1.29 is 33.7 Å². The summed E-state index contributed by atoms with van der Waals surface area (Å²) in [5.74, 6) is -0.235. The second kappa shape index (κ2) is 10.3. The number of hydrogen-bond donors (Lipinski definition) is 1. The summed E-state index contributed by atoms with van der Waals surface area (Å²) in [4.78, 5) is 35.0. The summed E-state index contributed by atoms with van der Waals surface area (Å²) >= 11 is 0. The van der Waals surface area contributed by atoms with Crippen molar-refractivity contribution in [1.29, 1.82) is 0 Å². The van der Waals surface area contributed by atoms with Crippen LogP contribution in [0.5, 0.6) is 11.5 Å². The monoisotopic (exact) mass is 427 g/mol. The van der Waals surface area contributed by atoms with Crippen LogP contribution in [-0.2, 0) is 19.1 Å². The predicted molar refractivity (Wildman–Crippen MR) is 116 cm³/mol. The number of amides is 1. The number of rotatable bonds is 5. The highest BCUT2D eigenvalue weighted by molar-refractivity contribution is 6.36. The van der Waals surface area contributed by atoms with Crippen LogP contribution in [0.15, 0.2) is 42.5 Å². The molecule has 0 aliphatic carbocycles.